The minimum atomic E-state index is -0.564. The molecule has 7 heteroatoms. The van der Waals surface area contributed by atoms with Gasteiger partial charge in [0.05, 0.1) is 11.2 Å². The molecule has 0 amide bonds. The van der Waals surface area contributed by atoms with E-state index >= 15 is 0 Å². The molecule has 2 heterocycles. The molecule has 0 aliphatic heterocycles. The van der Waals surface area contributed by atoms with Gasteiger partial charge < -0.3 is 9.26 Å². The zero-order valence-corrected chi connectivity index (χ0v) is 11.9. The maximum Gasteiger partial charge on any atom is 0.350 e. The quantitative estimate of drug-likeness (QED) is 0.784. The summed E-state index contributed by atoms with van der Waals surface area (Å²) in [6.07, 6.45) is 2.85. The second kappa shape index (κ2) is 5.92. The number of aromatic nitrogens is 3. The van der Waals surface area contributed by atoms with Gasteiger partial charge in [-0.2, -0.15) is 4.98 Å². The maximum absolute atomic E-state index is 11.9. The molecule has 0 saturated heterocycles. The minimum absolute atomic E-state index is 0.296. The van der Waals surface area contributed by atoms with Gasteiger partial charge in [-0.25, -0.2) is 9.78 Å². The van der Waals surface area contributed by atoms with Gasteiger partial charge >= 0.3 is 5.97 Å². The zero-order chi connectivity index (χ0) is 13.8. The number of esters is 1. The lowest BCUT2D eigenvalue weighted by Gasteiger charge is -2.07. The first-order valence-electron chi connectivity index (χ1n) is 6.06. The molecule has 2 rings (SSSR count). The molecule has 0 spiro atoms. The topological polar surface area (TPSA) is 78.1 Å². The second-order valence-corrected chi connectivity index (χ2v) is 5.21. The van der Waals surface area contributed by atoms with Gasteiger partial charge in [0.1, 0.15) is 4.88 Å². The first-order valence-corrected chi connectivity index (χ1v) is 6.87. The van der Waals surface area contributed by atoms with Crippen molar-refractivity contribution >= 4 is 17.3 Å². The number of ether oxygens (including phenoxy) is 1. The van der Waals surface area contributed by atoms with Gasteiger partial charge in [0.25, 0.3) is 5.89 Å². The first-order chi connectivity index (χ1) is 9.10. The summed E-state index contributed by atoms with van der Waals surface area (Å²) in [6.45, 7) is 5.47. The molecule has 0 saturated carbocycles. The fourth-order valence-electron chi connectivity index (χ4n) is 1.48. The Hall–Kier alpha value is -1.76. The van der Waals surface area contributed by atoms with Crippen molar-refractivity contribution in [1.82, 2.24) is 15.1 Å². The van der Waals surface area contributed by atoms with E-state index in [1.807, 2.05) is 0 Å². The van der Waals surface area contributed by atoms with Crippen molar-refractivity contribution in [3.8, 4) is 0 Å². The number of rotatable bonds is 5. The van der Waals surface area contributed by atoms with Crippen LogP contribution in [0.4, 0.5) is 0 Å². The molecule has 0 unspecified atom stereocenters. The Labute approximate surface area is 114 Å². The van der Waals surface area contributed by atoms with E-state index in [1.54, 1.807) is 20.0 Å². The number of carbonyl (C=O) groups is 1. The molecule has 0 aliphatic rings. The molecule has 0 radical (unpaired) electrons. The van der Waals surface area contributed by atoms with Crippen molar-refractivity contribution in [3.05, 3.63) is 27.8 Å². The SMILES string of the molecule is CCCc1ncc(C(=O)O[C@@H](C)c2nc(C)no2)s1. The van der Waals surface area contributed by atoms with Crippen molar-refractivity contribution in [2.75, 3.05) is 0 Å². The van der Waals surface area contributed by atoms with Crippen LogP contribution in [0.15, 0.2) is 10.7 Å². The Morgan fingerprint density at radius 3 is 3.00 bits per heavy atom. The Balaban J connectivity index is 1.99. The van der Waals surface area contributed by atoms with Crippen LogP contribution in [-0.4, -0.2) is 21.1 Å². The number of nitrogens with zero attached hydrogens (tertiary/aromatic N) is 3. The highest BCUT2D eigenvalue weighted by Gasteiger charge is 2.20. The molecular formula is C12H15N3O3S. The monoisotopic (exact) mass is 281 g/mol. The van der Waals surface area contributed by atoms with E-state index in [0.29, 0.717) is 16.6 Å². The largest absolute Gasteiger partial charge is 0.448 e. The van der Waals surface area contributed by atoms with E-state index in [4.69, 9.17) is 9.26 Å². The van der Waals surface area contributed by atoms with Crippen LogP contribution in [0.1, 0.15) is 52.8 Å². The highest BCUT2D eigenvalue weighted by Crippen LogP contribution is 2.20. The van der Waals surface area contributed by atoms with Gasteiger partial charge in [-0.05, 0) is 26.7 Å². The summed E-state index contributed by atoms with van der Waals surface area (Å²) in [5.74, 6) is 0.397. The Kier molecular flexibility index (Phi) is 4.26. The summed E-state index contributed by atoms with van der Waals surface area (Å²) in [7, 11) is 0. The lowest BCUT2D eigenvalue weighted by molar-refractivity contribution is 0.0271. The summed E-state index contributed by atoms with van der Waals surface area (Å²) < 4.78 is 10.2. The van der Waals surface area contributed by atoms with E-state index in [1.165, 1.54) is 11.3 Å². The summed E-state index contributed by atoms with van der Waals surface area (Å²) in [5.41, 5.74) is 0. The number of carbonyl (C=O) groups excluding carboxylic acids is 1. The van der Waals surface area contributed by atoms with Crippen LogP contribution in [0.2, 0.25) is 0 Å². The van der Waals surface area contributed by atoms with Crippen molar-refractivity contribution in [3.63, 3.8) is 0 Å². The van der Waals surface area contributed by atoms with Crippen LogP contribution in [0.3, 0.4) is 0 Å². The van der Waals surface area contributed by atoms with E-state index in [2.05, 4.69) is 22.0 Å². The fourth-order valence-corrected chi connectivity index (χ4v) is 2.38. The van der Waals surface area contributed by atoms with Crippen LogP contribution in [0.25, 0.3) is 0 Å². The van der Waals surface area contributed by atoms with Gasteiger partial charge in [-0.1, -0.05) is 12.1 Å². The van der Waals surface area contributed by atoms with Gasteiger partial charge in [0, 0.05) is 0 Å². The average molecular weight is 281 g/mol. The Morgan fingerprint density at radius 1 is 1.58 bits per heavy atom. The third kappa shape index (κ3) is 3.37. The van der Waals surface area contributed by atoms with Crippen molar-refractivity contribution in [2.45, 2.75) is 39.7 Å². The van der Waals surface area contributed by atoms with E-state index in [-0.39, 0.29) is 0 Å². The van der Waals surface area contributed by atoms with Crippen LogP contribution < -0.4 is 0 Å². The molecule has 19 heavy (non-hydrogen) atoms. The number of thiazole rings is 1. The molecule has 0 aromatic carbocycles. The third-order valence-corrected chi connectivity index (χ3v) is 3.43. The third-order valence-electron chi connectivity index (χ3n) is 2.39. The molecule has 102 valence electrons. The molecule has 0 N–H and O–H groups in total. The molecule has 0 fully saturated rings. The number of hydrogen-bond donors (Lipinski definition) is 0. The van der Waals surface area contributed by atoms with Crippen LogP contribution in [-0.2, 0) is 11.2 Å². The van der Waals surface area contributed by atoms with E-state index < -0.39 is 12.1 Å². The van der Waals surface area contributed by atoms with Gasteiger partial charge in [0.2, 0.25) is 0 Å². The normalized spacial score (nSPS) is 12.4. The summed E-state index contributed by atoms with van der Waals surface area (Å²) in [4.78, 5) is 20.6. The lowest BCUT2D eigenvalue weighted by Crippen LogP contribution is -2.08. The molecule has 2 aromatic heterocycles. The first kappa shape index (κ1) is 13.7. The summed E-state index contributed by atoms with van der Waals surface area (Å²) in [5, 5.41) is 4.60. The van der Waals surface area contributed by atoms with Gasteiger partial charge in [-0.15, -0.1) is 11.3 Å². The molecule has 0 aliphatic carbocycles. The fraction of sp³-hybridized carbons (Fsp3) is 0.500. The van der Waals surface area contributed by atoms with E-state index in [9.17, 15) is 4.79 Å². The maximum atomic E-state index is 11.9. The molecule has 6 nitrogen and oxygen atoms in total. The summed E-state index contributed by atoms with van der Waals surface area (Å²) in [6, 6.07) is 0. The van der Waals surface area contributed by atoms with Gasteiger partial charge in [-0.3, -0.25) is 0 Å². The van der Waals surface area contributed by atoms with Crippen LogP contribution in [0.5, 0.6) is 0 Å². The van der Waals surface area contributed by atoms with Crippen LogP contribution in [0, 0.1) is 6.92 Å². The van der Waals surface area contributed by atoms with Crippen molar-refractivity contribution < 1.29 is 14.1 Å². The summed E-state index contributed by atoms with van der Waals surface area (Å²) >= 11 is 1.36. The highest BCUT2D eigenvalue weighted by molar-refractivity contribution is 7.13. The zero-order valence-electron chi connectivity index (χ0n) is 11.0. The lowest BCUT2D eigenvalue weighted by atomic mass is 10.4. The highest BCUT2D eigenvalue weighted by atomic mass is 32.1. The van der Waals surface area contributed by atoms with Crippen molar-refractivity contribution in [2.24, 2.45) is 0 Å². The number of aryl methyl sites for hydroxylation is 2. The Morgan fingerprint density at radius 2 is 2.37 bits per heavy atom. The van der Waals surface area contributed by atoms with Crippen LogP contribution >= 0.6 is 11.3 Å². The van der Waals surface area contributed by atoms with E-state index in [0.717, 1.165) is 17.8 Å². The predicted molar refractivity (Wildman–Crippen MR) is 69.0 cm³/mol. The molecule has 0 bridgehead atoms. The van der Waals surface area contributed by atoms with Crippen molar-refractivity contribution in [1.29, 1.82) is 0 Å². The Bertz CT molecular complexity index is 564. The number of hydrogen-bond acceptors (Lipinski definition) is 7. The average Bonchev–Trinajstić information content (AvgIpc) is 2.98. The minimum Gasteiger partial charge on any atom is -0.448 e. The molecule has 2 aromatic rings. The standard InChI is InChI=1S/C12H15N3O3S/c1-4-5-10-13-6-9(19-10)12(16)17-7(2)11-14-8(3)15-18-11/h6-7H,4-5H2,1-3H3/t7-/m0/s1. The molecular weight excluding hydrogens is 266 g/mol. The van der Waals surface area contributed by atoms with Gasteiger partial charge in [0.15, 0.2) is 11.9 Å². The smallest absolute Gasteiger partial charge is 0.350 e. The second-order valence-electron chi connectivity index (χ2n) is 4.10. The molecule has 1 atom stereocenters. The predicted octanol–water partition coefficient (Wildman–Crippen LogP) is 2.71.